The molecule has 2 N–H and O–H groups in total. The largest absolute Gasteiger partial charge is 0.380 e. The van der Waals surface area contributed by atoms with Crippen LogP contribution in [0, 0.1) is 0 Å². The van der Waals surface area contributed by atoms with E-state index in [4.69, 9.17) is 10.5 Å². The summed E-state index contributed by atoms with van der Waals surface area (Å²) < 4.78 is 5.56. The molecule has 18 heavy (non-hydrogen) atoms. The molecule has 0 spiro atoms. The van der Waals surface area contributed by atoms with Gasteiger partial charge in [0, 0.05) is 31.9 Å². The Morgan fingerprint density at radius 1 is 1.00 bits per heavy atom. The van der Waals surface area contributed by atoms with E-state index in [1.807, 2.05) is 0 Å². The van der Waals surface area contributed by atoms with Crippen LogP contribution in [0.2, 0.25) is 0 Å². The molecule has 0 fully saturated rings. The zero-order chi connectivity index (χ0) is 13.2. The number of hydrogen-bond donors (Lipinski definition) is 1. The van der Waals surface area contributed by atoms with Gasteiger partial charge in [-0.2, -0.15) is 0 Å². The number of nitrogens with two attached hydrogens (primary N) is 1. The van der Waals surface area contributed by atoms with E-state index in [1.165, 1.54) is 11.3 Å². The van der Waals surface area contributed by atoms with Gasteiger partial charge in [0.15, 0.2) is 0 Å². The number of ether oxygens (including phenoxy) is 1. The second kappa shape index (κ2) is 8.95. The molecule has 1 aromatic rings. The van der Waals surface area contributed by atoms with Gasteiger partial charge in [-0.25, -0.2) is 0 Å². The van der Waals surface area contributed by atoms with Crippen molar-refractivity contribution in [1.82, 2.24) is 0 Å². The highest BCUT2D eigenvalue weighted by atomic mass is 16.5. The van der Waals surface area contributed by atoms with Crippen molar-refractivity contribution in [2.45, 2.75) is 33.2 Å². The van der Waals surface area contributed by atoms with Crippen LogP contribution in [-0.2, 0) is 11.3 Å². The van der Waals surface area contributed by atoms with Crippen LogP contribution in [0.1, 0.15) is 32.3 Å². The van der Waals surface area contributed by atoms with Gasteiger partial charge in [0.1, 0.15) is 0 Å². The molecule has 0 aliphatic carbocycles. The molecule has 1 rings (SSSR count). The van der Waals surface area contributed by atoms with Gasteiger partial charge in [-0.3, -0.25) is 0 Å². The van der Waals surface area contributed by atoms with Crippen LogP contribution in [0.3, 0.4) is 0 Å². The average molecular weight is 250 g/mol. The van der Waals surface area contributed by atoms with Crippen molar-refractivity contribution in [3.63, 3.8) is 0 Å². The lowest BCUT2D eigenvalue weighted by molar-refractivity contribution is 0.141. The number of rotatable bonds is 9. The van der Waals surface area contributed by atoms with Crippen molar-refractivity contribution in [3.05, 3.63) is 29.8 Å². The Morgan fingerprint density at radius 3 is 2.28 bits per heavy atom. The van der Waals surface area contributed by atoms with Gasteiger partial charge in [0.05, 0.1) is 6.61 Å². The normalized spacial score (nSPS) is 10.6. The summed E-state index contributed by atoms with van der Waals surface area (Å²) in [5.74, 6) is 0. The summed E-state index contributed by atoms with van der Waals surface area (Å²) in [6, 6.07) is 8.51. The standard InChI is InChI=1S/C15H26N2O/c1-3-9-17(10-12-18-11-4-2)15-7-5-14(13-16)6-8-15/h5-8H,3-4,9-13,16H2,1-2H3. The first kappa shape index (κ1) is 15.0. The molecular weight excluding hydrogens is 224 g/mol. The molecule has 3 nitrogen and oxygen atoms in total. The summed E-state index contributed by atoms with van der Waals surface area (Å²) in [6.07, 6.45) is 2.23. The Hall–Kier alpha value is -1.06. The fourth-order valence-electron chi connectivity index (χ4n) is 1.90. The molecule has 0 heterocycles. The van der Waals surface area contributed by atoms with Crippen molar-refractivity contribution in [2.24, 2.45) is 5.73 Å². The fraction of sp³-hybridized carbons (Fsp3) is 0.600. The van der Waals surface area contributed by atoms with E-state index in [2.05, 4.69) is 43.0 Å². The van der Waals surface area contributed by atoms with E-state index in [0.29, 0.717) is 6.54 Å². The van der Waals surface area contributed by atoms with Crippen LogP contribution < -0.4 is 10.6 Å². The highest BCUT2D eigenvalue weighted by Crippen LogP contribution is 2.15. The van der Waals surface area contributed by atoms with E-state index in [-0.39, 0.29) is 0 Å². The lowest BCUT2D eigenvalue weighted by atomic mass is 10.2. The summed E-state index contributed by atoms with van der Waals surface area (Å²) in [4.78, 5) is 2.37. The Balaban J connectivity index is 2.53. The van der Waals surface area contributed by atoms with E-state index in [1.54, 1.807) is 0 Å². The topological polar surface area (TPSA) is 38.5 Å². The van der Waals surface area contributed by atoms with Crippen molar-refractivity contribution >= 4 is 5.69 Å². The summed E-state index contributed by atoms with van der Waals surface area (Å²) in [7, 11) is 0. The van der Waals surface area contributed by atoms with Crippen LogP contribution >= 0.6 is 0 Å². The monoisotopic (exact) mass is 250 g/mol. The first-order valence-corrected chi connectivity index (χ1v) is 6.93. The molecule has 0 aliphatic rings. The minimum Gasteiger partial charge on any atom is -0.380 e. The van der Waals surface area contributed by atoms with Crippen LogP contribution in [0.15, 0.2) is 24.3 Å². The average Bonchev–Trinajstić information content (AvgIpc) is 2.42. The van der Waals surface area contributed by atoms with Gasteiger partial charge in [-0.05, 0) is 30.5 Å². The van der Waals surface area contributed by atoms with Gasteiger partial charge in [0.25, 0.3) is 0 Å². The molecule has 0 aliphatic heterocycles. The number of anilines is 1. The van der Waals surface area contributed by atoms with Crippen molar-refractivity contribution in [2.75, 3.05) is 31.2 Å². The predicted octanol–water partition coefficient (Wildman–Crippen LogP) is 2.79. The summed E-state index contributed by atoms with van der Waals surface area (Å²) in [6.45, 7) is 8.61. The fourth-order valence-corrected chi connectivity index (χ4v) is 1.90. The maximum atomic E-state index is 5.61. The van der Waals surface area contributed by atoms with E-state index < -0.39 is 0 Å². The maximum Gasteiger partial charge on any atom is 0.0641 e. The minimum absolute atomic E-state index is 0.605. The molecule has 0 atom stereocenters. The second-order valence-electron chi connectivity index (χ2n) is 4.47. The van der Waals surface area contributed by atoms with E-state index >= 15 is 0 Å². The SMILES string of the molecule is CCCOCCN(CCC)c1ccc(CN)cc1. The van der Waals surface area contributed by atoms with Gasteiger partial charge in [0.2, 0.25) is 0 Å². The molecule has 102 valence electrons. The Kier molecular flexibility index (Phi) is 7.46. The van der Waals surface area contributed by atoms with Gasteiger partial charge in [-0.1, -0.05) is 26.0 Å². The Bertz CT molecular complexity index is 311. The summed E-state index contributed by atoms with van der Waals surface area (Å²) in [5.41, 5.74) is 8.05. The molecule has 1 aromatic carbocycles. The van der Waals surface area contributed by atoms with Crippen LogP contribution in [0.5, 0.6) is 0 Å². The number of nitrogens with zero attached hydrogens (tertiary/aromatic N) is 1. The van der Waals surface area contributed by atoms with Crippen molar-refractivity contribution in [1.29, 1.82) is 0 Å². The quantitative estimate of drug-likeness (QED) is 0.685. The summed E-state index contributed by atoms with van der Waals surface area (Å²) in [5, 5.41) is 0. The van der Waals surface area contributed by atoms with Crippen LogP contribution in [0.25, 0.3) is 0 Å². The lowest BCUT2D eigenvalue weighted by Gasteiger charge is -2.24. The zero-order valence-electron chi connectivity index (χ0n) is 11.7. The van der Waals surface area contributed by atoms with E-state index in [9.17, 15) is 0 Å². The van der Waals surface area contributed by atoms with Gasteiger partial charge < -0.3 is 15.4 Å². The second-order valence-corrected chi connectivity index (χ2v) is 4.47. The van der Waals surface area contributed by atoms with Crippen molar-refractivity contribution in [3.8, 4) is 0 Å². The Morgan fingerprint density at radius 2 is 1.72 bits per heavy atom. The van der Waals surface area contributed by atoms with Crippen LogP contribution in [-0.4, -0.2) is 26.3 Å². The molecule has 3 heteroatoms. The molecule has 0 amide bonds. The van der Waals surface area contributed by atoms with Crippen LogP contribution in [0.4, 0.5) is 5.69 Å². The molecule has 0 saturated carbocycles. The third kappa shape index (κ3) is 5.07. The first-order chi connectivity index (χ1) is 8.81. The highest BCUT2D eigenvalue weighted by molar-refractivity contribution is 5.47. The maximum absolute atomic E-state index is 5.61. The van der Waals surface area contributed by atoms with Gasteiger partial charge in [-0.15, -0.1) is 0 Å². The third-order valence-electron chi connectivity index (χ3n) is 2.88. The lowest BCUT2D eigenvalue weighted by Crippen LogP contribution is -2.28. The molecule has 0 saturated heterocycles. The van der Waals surface area contributed by atoms with E-state index in [0.717, 1.165) is 39.1 Å². The minimum atomic E-state index is 0.605. The molecule has 0 aromatic heterocycles. The smallest absolute Gasteiger partial charge is 0.0641 e. The van der Waals surface area contributed by atoms with Crippen molar-refractivity contribution < 1.29 is 4.74 Å². The third-order valence-corrected chi connectivity index (χ3v) is 2.88. The molecular formula is C15H26N2O. The molecule has 0 radical (unpaired) electrons. The summed E-state index contributed by atoms with van der Waals surface area (Å²) >= 11 is 0. The Labute approximate surface area is 111 Å². The predicted molar refractivity (Wildman–Crippen MR) is 77.9 cm³/mol. The molecule has 0 bridgehead atoms. The molecule has 0 unspecified atom stereocenters. The number of hydrogen-bond acceptors (Lipinski definition) is 3. The highest BCUT2D eigenvalue weighted by Gasteiger charge is 2.05. The zero-order valence-corrected chi connectivity index (χ0v) is 11.7. The number of benzene rings is 1. The first-order valence-electron chi connectivity index (χ1n) is 6.93. The van der Waals surface area contributed by atoms with Gasteiger partial charge >= 0.3 is 0 Å².